The maximum atomic E-state index is 8.33. The van der Waals surface area contributed by atoms with Crippen molar-refractivity contribution in [3.63, 3.8) is 0 Å². The summed E-state index contributed by atoms with van der Waals surface area (Å²) in [5.74, 6) is 0. The first kappa shape index (κ1) is 21.2. The minimum atomic E-state index is -2.33. The van der Waals surface area contributed by atoms with Crippen molar-refractivity contribution < 1.29 is 24.1 Å². The van der Waals surface area contributed by atoms with E-state index in [9.17, 15) is 0 Å². The first-order valence-electron chi connectivity index (χ1n) is 7.26. The Labute approximate surface area is 143 Å². The molecule has 0 radical (unpaired) electrons. The summed E-state index contributed by atoms with van der Waals surface area (Å²) in [6.07, 6.45) is 5.81. The van der Waals surface area contributed by atoms with Crippen molar-refractivity contribution >= 4 is 17.5 Å². The molecule has 0 fully saturated rings. The molecule has 7 heteroatoms. The molecule has 0 aliphatic carbocycles. The largest absolute Gasteiger partial charge is 0.652 e. The van der Waals surface area contributed by atoms with Crippen LogP contribution in [0.3, 0.4) is 0 Å². The standard InChI is InChI=1S/2C8H13N2.CH2O3/c2*1-9(2)8-4-6-10(3)7-5-8;2-1(3)4/h2*4-7H,1-3H3;(H2,2,3,4)/q2*+1;/p-2. The number of hydrogen-bond donors (Lipinski definition) is 0. The highest BCUT2D eigenvalue weighted by Gasteiger charge is 1.95. The zero-order valence-electron chi connectivity index (χ0n) is 15.1. The molecule has 0 saturated heterocycles. The molecule has 2 aromatic heterocycles. The Kier molecular flexibility index (Phi) is 9.55. The second-order valence-electron chi connectivity index (χ2n) is 5.48. The normalized spacial score (nSPS) is 8.92. The van der Waals surface area contributed by atoms with E-state index in [1.54, 1.807) is 0 Å². The Morgan fingerprint density at radius 2 is 0.958 bits per heavy atom. The number of rotatable bonds is 2. The van der Waals surface area contributed by atoms with Crippen molar-refractivity contribution in [2.24, 2.45) is 14.1 Å². The molecule has 2 heterocycles. The number of aromatic nitrogens is 2. The number of nitrogens with zero attached hydrogens (tertiary/aromatic N) is 4. The zero-order valence-corrected chi connectivity index (χ0v) is 15.1. The SMILES string of the molecule is CN(C)c1cc[n+](C)cc1.CN(C)c1cc[n+](C)cc1.O=C([O-])[O-]. The summed E-state index contributed by atoms with van der Waals surface area (Å²) in [5.41, 5.74) is 2.47. The van der Waals surface area contributed by atoms with Gasteiger partial charge in [0.25, 0.3) is 0 Å². The second-order valence-corrected chi connectivity index (χ2v) is 5.48. The van der Waals surface area contributed by atoms with Crippen LogP contribution < -0.4 is 29.1 Å². The van der Waals surface area contributed by atoms with Crippen LogP contribution in [0.15, 0.2) is 49.1 Å². The van der Waals surface area contributed by atoms with Crippen LogP contribution in [0.2, 0.25) is 0 Å². The van der Waals surface area contributed by atoms with Gasteiger partial charge in [-0.2, -0.15) is 0 Å². The van der Waals surface area contributed by atoms with E-state index in [4.69, 9.17) is 15.0 Å². The topological polar surface area (TPSA) is 77.4 Å². The molecule has 24 heavy (non-hydrogen) atoms. The minimum absolute atomic E-state index is 1.23. The van der Waals surface area contributed by atoms with E-state index >= 15 is 0 Å². The summed E-state index contributed by atoms with van der Waals surface area (Å²) >= 11 is 0. The van der Waals surface area contributed by atoms with E-state index < -0.39 is 6.16 Å². The fourth-order valence-corrected chi connectivity index (χ4v) is 1.58. The van der Waals surface area contributed by atoms with Crippen molar-refractivity contribution in [2.45, 2.75) is 0 Å². The zero-order chi connectivity index (χ0) is 18.7. The van der Waals surface area contributed by atoms with Gasteiger partial charge in [-0.25, -0.2) is 9.13 Å². The van der Waals surface area contributed by atoms with E-state index in [1.807, 2.05) is 76.2 Å². The fourth-order valence-electron chi connectivity index (χ4n) is 1.58. The summed E-state index contributed by atoms with van der Waals surface area (Å²) in [4.78, 5) is 12.5. The van der Waals surface area contributed by atoms with Crippen molar-refractivity contribution in [3.05, 3.63) is 49.1 Å². The Balaban J connectivity index is 0.000000363. The van der Waals surface area contributed by atoms with Crippen LogP contribution in [-0.4, -0.2) is 34.3 Å². The lowest BCUT2D eigenvalue weighted by molar-refractivity contribution is -0.671. The molecule has 132 valence electrons. The molecular weight excluding hydrogens is 308 g/mol. The van der Waals surface area contributed by atoms with Gasteiger partial charge in [0.1, 0.15) is 14.1 Å². The minimum Gasteiger partial charge on any atom is -0.652 e. The van der Waals surface area contributed by atoms with Crippen LogP contribution >= 0.6 is 0 Å². The van der Waals surface area contributed by atoms with Crippen molar-refractivity contribution in [1.29, 1.82) is 0 Å². The van der Waals surface area contributed by atoms with Gasteiger partial charge in [-0.1, -0.05) is 0 Å². The molecule has 2 aromatic rings. The Bertz CT molecular complexity index is 543. The molecule has 0 aromatic carbocycles. The maximum absolute atomic E-state index is 8.33. The van der Waals surface area contributed by atoms with Crippen LogP contribution in [0.5, 0.6) is 0 Å². The molecule has 7 nitrogen and oxygen atoms in total. The van der Waals surface area contributed by atoms with Crippen molar-refractivity contribution in [2.75, 3.05) is 38.0 Å². The van der Waals surface area contributed by atoms with Gasteiger partial charge in [-0.3, -0.25) is 0 Å². The summed E-state index contributed by atoms with van der Waals surface area (Å²) in [7, 11) is 12.2. The quantitative estimate of drug-likeness (QED) is 0.639. The van der Waals surface area contributed by atoms with E-state index in [0.29, 0.717) is 0 Å². The molecule has 0 bridgehead atoms. The first-order valence-corrected chi connectivity index (χ1v) is 7.26. The molecule has 0 aliphatic rings. The van der Waals surface area contributed by atoms with Gasteiger partial charge in [0.2, 0.25) is 0 Å². The molecule has 0 aliphatic heterocycles. The number of carbonyl (C=O) groups excluding carboxylic acids is 1. The molecule has 0 saturated carbocycles. The van der Waals surface area contributed by atoms with Gasteiger partial charge >= 0.3 is 0 Å². The summed E-state index contributed by atoms with van der Waals surface area (Å²) in [6, 6.07) is 8.33. The third-order valence-corrected chi connectivity index (χ3v) is 2.95. The Hall–Kier alpha value is -2.83. The second kappa shape index (κ2) is 10.8. The lowest BCUT2D eigenvalue weighted by atomic mass is 10.4. The van der Waals surface area contributed by atoms with E-state index in [0.717, 1.165) is 0 Å². The van der Waals surface area contributed by atoms with Crippen LogP contribution in [0, 0.1) is 0 Å². The molecule has 0 atom stereocenters. The average Bonchev–Trinajstić information content (AvgIpc) is 2.48. The fraction of sp³-hybridized carbons (Fsp3) is 0.353. The lowest BCUT2D eigenvalue weighted by Gasteiger charge is -2.09. The summed E-state index contributed by atoms with van der Waals surface area (Å²) < 4.78 is 4.04. The molecule has 0 spiro atoms. The van der Waals surface area contributed by atoms with Crippen LogP contribution in [0.4, 0.5) is 16.2 Å². The van der Waals surface area contributed by atoms with Gasteiger partial charge in [-0.15, -0.1) is 0 Å². The predicted octanol–water partition coefficient (Wildman–Crippen LogP) is -1.29. The van der Waals surface area contributed by atoms with Gasteiger partial charge in [0.15, 0.2) is 24.8 Å². The number of carboxylic acid groups (broad SMARTS) is 2. The van der Waals surface area contributed by atoms with Crippen LogP contribution in [0.1, 0.15) is 0 Å². The van der Waals surface area contributed by atoms with Gasteiger partial charge in [-0.05, 0) is 6.16 Å². The number of hydrogen-bond acceptors (Lipinski definition) is 5. The number of aryl methyl sites for hydroxylation is 2. The van der Waals surface area contributed by atoms with Crippen molar-refractivity contribution in [1.82, 2.24) is 0 Å². The van der Waals surface area contributed by atoms with E-state index in [2.05, 4.69) is 34.1 Å². The third kappa shape index (κ3) is 9.99. The molecule has 0 amide bonds. The highest BCUT2D eigenvalue weighted by Crippen LogP contribution is 2.05. The van der Waals surface area contributed by atoms with E-state index in [-0.39, 0.29) is 0 Å². The number of anilines is 2. The van der Waals surface area contributed by atoms with Crippen molar-refractivity contribution in [3.8, 4) is 0 Å². The number of carbonyl (C=O) groups is 1. The molecular formula is C17H26N4O3. The van der Waals surface area contributed by atoms with Crippen LogP contribution in [-0.2, 0) is 14.1 Å². The van der Waals surface area contributed by atoms with Gasteiger partial charge < -0.3 is 24.8 Å². The maximum Gasteiger partial charge on any atom is 0.170 e. The van der Waals surface area contributed by atoms with Gasteiger partial charge in [0.05, 0.1) is 0 Å². The third-order valence-electron chi connectivity index (χ3n) is 2.95. The highest BCUT2D eigenvalue weighted by molar-refractivity contribution is 5.47. The molecule has 0 N–H and O–H groups in total. The number of pyridine rings is 2. The van der Waals surface area contributed by atoms with Gasteiger partial charge in [0, 0.05) is 63.8 Å². The van der Waals surface area contributed by atoms with Crippen LogP contribution in [0.25, 0.3) is 0 Å². The summed E-state index contributed by atoms with van der Waals surface area (Å²) in [6.45, 7) is 0. The monoisotopic (exact) mass is 334 g/mol. The summed E-state index contributed by atoms with van der Waals surface area (Å²) in [5, 5.41) is 16.7. The van der Waals surface area contributed by atoms with E-state index in [1.165, 1.54) is 11.4 Å². The molecule has 0 unspecified atom stereocenters. The predicted molar refractivity (Wildman–Crippen MR) is 89.3 cm³/mol. The average molecular weight is 334 g/mol. The Morgan fingerprint density at radius 3 is 1.12 bits per heavy atom. The highest BCUT2D eigenvalue weighted by atomic mass is 16.6. The first-order chi connectivity index (χ1) is 11.1. The molecule has 2 rings (SSSR count). The lowest BCUT2D eigenvalue weighted by Crippen LogP contribution is -2.37. The Morgan fingerprint density at radius 1 is 0.750 bits per heavy atom. The smallest absolute Gasteiger partial charge is 0.170 e.